The van der Waals surface area contributed by atoms with Gasteiger partial charge in [0.1, 0.15) is 46.6 Å². The van der Waals surface area contributed by atoms with Crippen LogP contribution in [-0.2, 0) is 25.8 Å². The van der Waals surface area contributed by atoms with Crippen molar-refractivity contribution in [2.24, 2.45) is 5.92 Å². The van der Waals surface area contributed by atoms with E-state index in [1.165, 1.54) is 43.5 Å². The Labute approximate surface area is 469 Å². The molecular weight excluding hydrogens is 1050 g/mol. The molecule has 420 valence electrons. The molecule has 19 heteroatoms. The molecule has 5 heterocycles. The van der Waals surface area contributed by atoms with Crippen molar-refractivity contribution < 1.29 is 35.9 Å². The Hall–Kier alpha value is -8.00. The Morgan fingerprint density at radius 1 is 0.671 bits per heavy atom. The van der Waals surface area contributed by atoms with Gasteiger partial charge in [-0.2, -0.15) is 13.2 Å². The van der Waals surface area contributed by atoms with Gasteiger partial charge in [0, 0.05) is 60.5 Å². The van der Waals surface area contributed by atoms with Gasteiger partial charge in [0.05, 0.1) is 5.60 Å². The average Bonchev–Trinajstić information content (AvgIpc) is 4.39. The van der Waals surface area contributed by atoms with Crippen molar-refractivity contribution in [2.45, 2.75) is 122 Å². The number of alkyl halides is 3. The quantitative estimate of drug-likeness (QED) is 0.0656. The number of benzene rings is 5. The summed E-state index contributed by atoms with van der Waals surface area (Å²) in [7, 11) is 0. The third-order valence-corrected chi connectivity index (χ3v) is 16.1. The minimum absolute atomic E-state index is 0.000620. The lowest BCUT2D eigenvalue weighted by Crippen LogP contribution is -2.34. The topological polar surface area (TPSA) is 171 Å². The minimum Gasteiger partial charge on any atom is -0.435 e. The molecule has 1 unspecified atom stereocenters. The number of aryl methyl sites for hydroxylation is 3. The summed E-state index contributed by atoms with van der Waals surface area (Å²) in [6, 6.07) is 25.7. The largest absolute Gasteiger partial charge is 0.435 e. The van der Waals surface area contributed by atoms with Crippen LogP contribution in [0.2, 0.25) is 0 Å². The summed E-state index contributed by atoms with van der Waals surface area (Å²) in [5.41, 5.74) is 8.11. The van der Waals surface area contributed by atoms with Crippen LogP contribution >= 0.6 is 0 Å². The highest BCUT2D eigenvalue weighted by Gasteiger charge is 2.36. The number of aromatic nitrogens is 9. The molecule has 1 atom stereocenters. The van der Waals surface area contributed by atoms with E-state index in [0.717, 1.165) is 77.7 Å². The molecule has 0 aliphatic heterocycles. The first kappa shape index (κ1) is 53.3. The monoisotopic (exact) mass is 1110 g/mol. The molecular formula is C63H60F5N11O3. The second-order valence-electron chi connectivity index (χ2n) is 23.2. The molecule has 3 saturated carbocycles. The third-order valence-electron chi connectivity index (χ3n) is 16.1. The summed E-state index contributed by atoms with van der Waals surface area (Å²) in [4.78, 5) is 14.7. The maximum absolute atomic E-state index is 15.5. The molecule has 82 heavy (non-hydrogen) atoms. The molecule has 0 bridgehead atoms. The molecule has 0 spiro atoms. The first-order valence-electron chi connectivity index (χ1n) is 28.1. The fourth-order valence-electron chi connectivity index (χ4n) is 11.1. The molecule has 0 amide bonds. The number of hydrogen-bond acceptors (Lipinski definition) is 12. The van der Waals surface area contributed by atoms with Crippen LogP contribution in [0.25, 0.3) is 90.3 Å². The summed E-state index contributed by atoms with van der Waals surface area (Å²) in [5.74, 6) is 1.41. The van der Waals surface area contributed by atoms with E-state index in [4.69, 9.17) is 18.8 Å². The van der Waals surface area contributed by atoms with Crippen LogP contribution in [0, 0.1) is 24.5 Å². The van der Waals surface area contributed by atoms with Crippen LogP contribution < -0.4 is 10.6 Å². The number of fused-ring (bicyclic) bond motifs is 2. The van der Waals surface area contributed by atoms with Crippen LogP contribution in [0.5, 0.6) is 0 Å². The highest BCUT2D eigenvalue weighted by atomic mass is 19.4. The standard InChI is InChI=1S/C63H60F5N11O3/c1-34-18-40(35(2)70-30-36-6-5-7-36)24-54-56(34)81-61(75-54)55-26-43(25-52(73-55)39-10-11-39)48-15-13-46(65)28-50(48)59-77-72-33-79(59)17-16-78-32-71-76-58(78)49-27-45(64)12-14-47(49)42-21-41(38-8-9-38)22-44(23-42)60-74-53-20-37(29-69-31-62(3,4)80)19-51(57(53)82-60)63(66,67)68/h12-15,18-28,32-33,35-36,38-39,69-70,80H,5-11,16-17,29-31H2,1-4H3. The van der Waals surface area contributed by atoms with Crippen LogP contribution in [-0.4, -0.2) is 68.3 Å². The Balaban J connectivity index is 0.800. The van der Waals surface area contributed by atoms with E-state index >= 15 is 8.78 Å². The number of nitrogens with one attached hydrogen (secondary N) is 2. The zero-order valence-corrected chi connectivity index (χ0v) is 45.8. The van der Waals surface area contributed by atoms with E-state index in [9.17, 15) is 18.3 Å². The fraction of sp³-hybridized carbons (Fsp3) is 0.349. The van der Waals surface area contributed by atoms with Gasteiger partial charge in [-0.25, -0.2) is 23.7 Å². The summed E-state index contributed by atoms with van der Waals surface area (Å²) >= 11 is 0. The summed E-state index contributed by atoms with van der Waals surface area (Å²) in [6.07, 6.45) is 6.10. The van der Waals surface area contributed by atoms with Gasteiger partial charge in [-0.05, 0) is 196 Å². The van der Waals surface area contributed by atoms with E-state index in [1.807, 2.05) is 29.7 Å². The van der Waals surface area contributed by atoms with E-state index in [1.54, 1.807) is 55.3 Å². The lowest BCUT2D eigenvalue weighted by molar-refractivity contribution is -0.136. The van der Waals surface area contributed by atoms with Crippen LogP contribution in [0.3, 0.4) is 0 Å². The van der Waals surface area contributed by atoms with Crippen molar-refractivity contribution in [3.8, 4) is 68.1 Å². The van der Waals surface area contributed by atoms with Crippen molar-refractivity contribution in [3.05, 3.63) is 149 Å². The van der Waals surface area contributed by atoms with E-state index in [-0.39, 0.29) is 61.0 Å². The van der Waals surface area contributed by atoms with Crippen LogP contribution in [0.15, 0.2) is 112 Å². The number of oxazole rings is 2. The van der Waals surface area contributed by atoms with Crippen molar-refractivity contribution in [2.75, 3.05) is 13.1 Å². The number of hydrogen-bond donors (Lipinski definition) is 3. The molecule has 3 aliphatic rings. The van der Waals surface area contributed by atoms with E-state index < -0.39 is 29.0 Å². The van der Waals surface area contributed by atoms with Gasteiger partial charge in [-0.15, -0.1) is 20.4 Å². The molecule has 5 aromatic heterocycles. The highest BCUT2D eigenvalue weighted by Crippen LogP contribution is 2.46. The first-order chi connectivity index (χ1) is 39.4. The number of pyridine rings is 1. The molecule has 0 saturated heterocycles. The van der Waals surface area contributed by atoms with Gasteiger partial charge in [0.2, 0.25) is 11.8 Å². The number of nitrogens with zero attached hydrogens (tertiary/aromatic N) is 9. The number of rotatable bonds is 19. The molecule has 14 nitrogen and oxygen atoms in total. The highest BCUT2D eigenvalue weighted by molar-refractivity contribution is 5.87. The third kappa shape index (κ3) is 11.1. The summed E-state index contributed by atoms with van der Waals surface area (Å²) in [6.45, 7) is 9.20. The van der Waals surface area contributed by atoms with Gasteiger partial charge in [-0.1, -0.05) is 30.7 Å². The molecule has 13 rings (SSSR count). The van der Waals surface area contributed by atoms with Crippen molar-refractivity contribution >= 4 is 22.2 Å². The van der Waals surface area contributed by atoms with Gasteiger partial charge in [0.15, 0.2) is 22.8 Å². The van der Waals surface area contributed by atoms with Crippen molar-refractivity contribution in [1.29, 1.82) is 0 Å². The van der Waals surface area contributed by atoms with E-state index in [0.29, 0.717) is 67.8 Å². The second-order valence-corrected chi connectivity index (χ2v) is 23.2. The second kappa shape index (κ2) is 21.1. The Morgan fingerprint density at radius 2 is 1.29 bits per heavy atom. The van der Waals surface area contributed by atoms with Crippen LogP contribution in [0.1, 0.15) is 117 Å². The molecule has 3 aliphatic carbocycles. The predicted octanol–water partition coefficient (Wildman–Crippen LogP) is 13.9. The van der Waals surface area contributed by atoms with Gasteiger partial charge in [-0.3, -0.25) is 0 Å². The smallest absolute Gasteiger partial charge is 0.420 e. The predicted molar refractivity (Wildman–Crippen MR) is 301 cm³/mol. The number of halogens is 5. The maximum atomic E-state index is 15.5. The Kier molecular flexibility index (Phi) is 13.7. The fourth-order valence-corrected chi connectivity index (χ4v) is 11.1. The summed E-state index contributed by atoms with van der Waals surface area (Å²) < 4.78 is 91.1. The SMILES string of the molecule is Cc1cc(C(C)NCC2CCC2)cc2nc(-c3cc(-c4ccc(F)cc4-c4nncn4CCn4cnnc4-c4cc(F)ccc4-c4cc(-c5nc6cc(CNCC(C)(C)O)cc(C(F)(F)F)c6o5)cc(C5CC5)c4)cc(C4CC4)n3)oc12. The van der Waals surface area contributed by atoms with Crippen molar-refractivity contribution in [1.82, 2.24) is 55.1 Å². The zero-order chi connectivity index (χ0) is 56.6. The zero-order valence-electron chi connectivity index (χ0n) is 45.8. The van der Waals surface area contributed by atoms with Crippen molar-refractivity contribution in [3.63, 3.8) is 0 Å². The first-order valence-corrected chi connectivity index (χ1v) is 28.1. The minimum atomic E-state index is -4.74. The molecule has 3 fully saturated rings. The van der Waals surface area contributed by atoms with Crippen LogP contribution in [0.4, 0.5) is 22.0 Å². The number of aliphatic hydroxyl groups is 1. The Morgan fingerprint density at radius 3 is 1.91 bits per heavy atom. The van der Waals surface area contributed by atoms with Gasteiger partial charge >= 0.3 is 6.18 Å². The average molecular weight is 1110 g/mol. The molecule has 10 aromatic rings. The molecule has 3 N–H and O–H groups in total. The van der Waals surface area contributed by atoms with Gasteiger partial charge in [0.25, 0.3) is 0 Å². The normalized spacial score (nSPS) is 15.5. The van der Waals surface area contributed by atoms with E-state index in [2.05, 4.69) is 61.1 Å². The van der Waals surface area contributed by atoms with Gasteiger partial charge < -0.3 is 33.7 Å². The molecule has 0 radical (unpaired) electrons. The molecule has 5 aromatic carbocycles. The summed E-state index contributed by atoms with van der Waals surface area (Å²) in [5, 5.41) is 34.5. The maximum Gasteiger partial charge on any atom is 0.420 e. The lowest BCUT2D eigenvalue weighted by atomic mass is 9.85. The Bertz CT molecular complexity index is 4050. The lowest BCUT2D eigenvalue weighted by Gasteiger charge is -2.27.